The van der Waals surface area contributed by atoms with Gasteiger partial charge in [-0.1, -0.05) is 24.3 Å². The van der Waals surface area contributed by atoms with Crippen LogP contribution in [0.15, 0.2) is 54.3 Å². The highest BCUT2D eigenvalue weighted by Gasteiger charge is 2.27. The zero-order valence-electron chi connectivity index (χ0n) is 17.6. The molecule has 3 rings (SSSR count). The minimum atomic E-state index is -0.152. The van der Waals surface area contributed by atoms with Crippen molar-refractivity contribution < 1.29 is 9.53 Å². The van der Waals surface area contributed by atoms with Crippen LogP contribution in [-0.2, 0) is 11.2 Å². The maximum Gasteiger partial charge on any atom is 0.252 e. The standard InChI is InChI=1S/C23H30N6O2/c1-2-6-16-7-5-8-18-19(28-24)10-11-20(22(16)18)31-14-4-3-13-26-23(30)17-9-12-21(29-25)27-15-17/h2,5,7-9,12,15,20H,1,3-4,6,10-11,13-14,24-25H2,(H,26,30)(H,27,29). The summed E-state index contributed by atoms with van der Waals surface area (Å²) in [5.74, 6) is 11.2. The molecule has 1 atom stereocenters. The third-order valence-electron chi connectivity index (χ3n) is 5.34. The summed E-state index contributed by atoms with van der Waals surface area (Å²) in [4.78, 5) is 16.2. The van der Waals surface area contributed by atoms with Crippen molar-refractivity contribution in [2.24, 2.45) is 16.8 Å². The van der Waals surface area contributed by atoms with Crippen LogP contribution >= 0.6 is 0 Å². The van der Waals surface area contributed by atoms with Gasteiger partial charge in [0.25, 0.3) is 5.91 Å². The molecule has 0 fully saturated rings. The average molecular weight is 423 g/mol. The summed E-state index contributed by atoms with van der Waals surface area (Å²) in [6.07, 6.45) is 7.53. The molecule has 0 saturated heterocycles. The Morgan fingerprint density at radius 1 is 1.32 bits per heavy atom. The van der Waals surface area contributed by atoms with Crippen LogP contribution in [0.3, 0.4) is 0 Å². The largest absolute Gasteiger partial charge is 0.373 e. The number of hydrazine groups is 1. The van der Waals surface area contributed by atoms with Gasteiger partial charge in [-0.2, -0.15) is 5.10 Å². The molecule has 0 bridgehead atoms. The quantitative estimate of drug-likeness (QED) is 0.202. The molecule has 164 valence electrons. The molecule has 6 N–H and O–H groups in total. The smallest absolute Gasteiger partial charge is 0.252 e. The van der Waals surface area contributed by atoms with Gasteiger partial charge in [-0.05, 0) is 55.4 Å². The number of amides is 1. The van der Waals surface area contributed by atoms with Crippen LogP contribution < -0.4 is 22.4 Å². The number of carbonyl (C=O) groups excluding carboxylic acids is 1. The lowest BCUT2D eigenvalue weighted by Crippen LogP contribution is -2.25. The number of nitrogens with zero attached hydrogens (tertiary/aromatic N) is 2. The van der Waals surface area contributed by atoms with E-state index in [1.807, 2.05) is 12.1 Å². The second-order valence-electron chi connectivity index (χ2n) is 7.38. The molecule has 31 heavy (non-hydrogen) atoms. The number of hydrazone groups is 1. The third kappa shape index (κ3) is 5.68. The van der Waals surface area contributed by atoms with Crippen LogP contribution in [0.4, 0.5) is 5.82 Å². The molecule has 0 aliphatic heterocycles. The molecular formula is C23H30N6O2. The number of carbonyl (C=O) groups is 1. The second kappa shape index (κ2) is 11.2. The van der Waals surface area contributed by atoms with Crippen molar-refractivity contribution in [3.05, 3.63) is 71.4 Å². The average Bonchev–Trinajstić information content (AvgIpc) is 2.81. The summed E-state index contributed by atoms with van der Waals surface area (Å²) in [5, 5.41) is 6.88. The molecule has 0 saturated carbocycles. The Kier molecular flexibility index (Phi) is 8.14. The van der Waals surface area contributed by atoms with Gasteiger partial charge in [-0.25, -0.2) is 10.8 Å². The van der Waals surface area contributed by atoms with Gasteiger partial charge in [-0.3, -0.25) is 4.79 Å². The van der Waals surface area contributed by atoms with Crippen LogP contribution in [0.1, 0.15) is 58.8 Å². The minimum Gasteiger partial charge on any atom is -0.373 e. The van der Waals surface area contributed by atoms with E-state index in [1.54, 1.807) is 12.1 Å². The Balaban J connectivity index is 1.48. The highest BCUT2D eigenvalue weighted by molar-refractivity contribution is 6.03. The molecule has 1 aromatic carbocycles. The van der Waals surface area contributed by atoms with Gasteiger partial charge in [0.05, 0.1) is 17.4 Å². The monoisotopic (exact) mass is 422 g/mol. The van der Waals surface area contributed by atoms with E-state index in [4.69, 9.17) is 16.4 Å². The van der Waals surface area contributed by atoms with Gasteiger partial charge in [0, 0.05) is 24.9 Å². The summed E-state index contributed by atoms with van der Waals surface area (Å²) in [6.45, 7) is 5.06. The van der Waals surface area contributed by atoms with E-state index in [1.165, 1.54) is 17.3 Å². The molecule has 1 unspecified atom stereocenters. The number of anilines is 1. The molecule has 8 nitrogen and oxygen atoms in total. The van der Waals surface area contributed by atoms with E-state index in [-0.39, 0.29) is 12.0 Å². The number of fused-ring (bicyclic) bond motifs is 1. The van der Waals surface area contributed by atoms with Gasteiger partial charge < -0.3 is 21.3 Å². The molecular weight excluding hydrogens is 392 g/mol. The first-order valence-electron chi connectivity index (χ1n) is 10.5. The van der Waals surface area contributed by atoms with E-state index >= 15 is 0 Å². The number of pyridine rings is 1. The highest BCUT2D eigenvalue weighted by Crippen LogP contribution is 2.35. The van der Waals surface area contributed by atoms with Crippen molar-refractivity contribution in [2.75, 3.05) is 18.6 Å². The Morgan fingerprint density at radius 2 is 2.19 bits per heavy atom. The Labute approximate surface area is 182 Å². The number of nitrogens with two attached hydrogens (primary N) is 2. The lowest BCUT2D eigenvalue weighted by molar-refractivity contribution is 0.0433. The first-order chi connectivity index (χ1) is 15.2. The molecule has 1 aliphatic carbocycles. The molecule has 2 aromatic rings. The predicted molar refractivity (Wildman–Crippen MR) is 123 cm³/mol. The van der Waals surface area contributed by atoms with Crippen molar-refractivity contribution in [3.63, 3.8) is 0 Å². The summed E-state index contributed by atoms with van der Waals surface area (Å²) in [5.41, 5.74) is 7.32. The van der Waals surface area contributed by atoms with Gasteiger partial charge in [0.1, 0.15) is 5.82 Å². The predicted octanol–water partition coefficient (Wildman–Crippen LogP) is 2.82. The fourth-order valence-corrected chi connectivity index (χ4v) is 3.80. The minimum absolute atomic E-state index is 0.0204. The Morgan fingerprint density at radius 3 is 2.90 bits per heavy atom. The molecule has 1 amide bonds. The fraction of sp³-hybridized carbons (Fsp3) is 0.348. The van der Waals surface area contributed by atoms with E-state index in [0.717, 1.165) is 43.4 Å². The summed E-state index contributed by atoms with van der Waals surface area (Å²) in [6, 6.07) is 9.54. The topological polar surface area (TPSA) is 128 Å². The van der Waals surface area contributed by atoms with Crippen molar-refractivity contribution in [2.45, 2.75) is 38.2 Å². The number of ether oxygens (including phenoxy) is 1. The van der Waals surface area contributed by atoms with Crippen molar-refractivity contribution in [1.82, 2.24) is 10.3 Å². The number of nitrogens with one attached hydrogen (secondary N) is 2. The summed E-state index contributed by atoms with van der Waals surface area (Å²) >= 11 is 0. The molecule has 0 radical (unpaired) electrons. The number of hydrogen-bond acceptors (Lipinski definition) is 7. The number of benzene rings is 1. The van der Waals surface area contributed by atoms with E-state index in [9.17, 15) is 4.79 Å². The third-order valence-corrected chi connectivity index (χ3v) is 5.34. The Hall–Kier alpha value is -3.23. The first kappa shape index (κ1) is 22.5. The van der Waals surface area contributed by atoms with Crippen LogP contribution in [-0.4, -0.2) is 29.8 Å². The van der Waals surface area contributed by atoms with Crippen LogP contribution in [0.25, 0.3) is 0 Å². The fourth-order valence-electron chi connectivity index (χ4n) is 3.80. The van der Waals surface area contributed by atoms with Gasteiger partial charge >= 0.3 is 0 Å². The van der Waals surface area contributed by atoms with E-state index < -0.39 is 0 Å². The van der Waals surface area contributed by atoms with Crippen LogP contribution in [0.5, 0.6) is 0 Å². The van der Waals surface area contributed by atoms with Gasteiger partial charge in [-0.15, -0.1) is 6.58 Å². The molecule has 1 aliphatic rings. The maximum absolute atomic E-state index is 12.2. The van der Waals surface area contributed by atoms with E-state index in [2.05, 4.69) is 39.5 Å². The van der Waals surface area contributed by atoms with Crippen molar-refractivity contribution in [3.8, 4) is 0 Å². The summed E-state index contributed by atoms with van der Waals surface area (Å²) in [7, 11) is 0. The number of allylic oxidation sites excluding steroid dienone is 1. The van der Waals surface area contributed by atoms with Crippen LogP contribution in [0, 0.1) is 0 Å². The number of rotatable bonds is 10. The lowest BCUT2D eigenvalue weighted by Gasteiger charge is -2.29. The van der Waals surface area contributed by atoms with Crippen molar-refractivity contribution in [1.29, 1.82) is 0 Å². The first-order valence-corrected chi connectivity index (χ1v) is 10.5. The summed E-state index contributed by atoms with van der Waals surface area (Å²) < 4.78 is 6.23. The Bertz CT molecular complexity index is 926. The molecule has 1 heterocycles. The SMILES string of the molecule is C=CCc1cccc2c1C(OCCCCNC(=O)c1ccc(NN)nc1)CCC2=NN. The number of nitrogen functional groups attached to an aromatic ring is 1. The number of hydrogen-bond donors (Lipinski definition) is 4. The zero-order valence-corrected chi connectivity index (χ0v) is 17.6. The normalized spacial score (nSPS) is 16.5. The maximum atomic E-state index is 12.2. The molecule has 1 aromatic heterocycles. The van der Waals surface area contributed by atoms with E-state index in [0.29, 0.717) is 24.5 Å². The lowest BCUT2D eigenvalue weighted by atomic mass is 9.84. The highest BCUT2D eigenvalue weighted by atomic mass is 16.5. The molecule has 0 spiro atoms. The number of unbranched alkanes of at least 4 members (excludes halogenated alkanes) is 1. The van der Waals surface area contributed by atoms with Gasteiger partial charge in [0.15, 0.2) is 0 Å². The second-order valence-corrected chi connectivity index (χ2v) is 7.38. The zero-order chi connectivity index (χ0) is 22.1. The van der Waals surface area contributed by atoms with Gasteiger partial charge in [0.2, 0.25) is 0 Å². The number of aromatic nitrogens is 1. The van der Waals surface area contributed by atoms with Crippen LogP contribution in [0.2, 0.25) is 0 Å². The van der Waals surface area contributed by atoms with Crippen molar-refractivity contribution >= 4 is 17.4 Å². The molecule has 8 heteroatoms.